The van der Waals surface area contributed by atoms with Crippen LogP contribution in [0.15, 0.2) is 40.2 Å². The Morgan fingerprint density at radius 1 is 1.21 bits per heavy atom. The van der Waals surface area contributed by atoms with Crippen LogP contribution in [0.2, 0.25) is 5.28 Å². The minimum absolute atomic E-state index is 0.0516. The van der Waals surface area contributed by atoms with Gasteiger partial charge in [-0.25, -0.2) is 18.4 Å². The van der Waals surface area contributed by atoms with Crippen molar-refractivity contribution in [2.45, 2.75) is 43.7 Å². The van der Waals surface area contributed by atoms with Gasteiger partial charge in [-0.05, 0) is 49.1 Å². The van der Waals surface area contributed by atoms with Gasteiger partial charge in [0.2, 0.25) is 5.28 Å². The van der Waals surface area contributed by atoms with Crippen LogP contribution in [0.3, 0.4) is 0 Å². The number of nitrogens with one attached hydrogen (secondary N) is 1. The number of sulfone groups is 1. The third kappa shape index (κ3) is 3.72. The van der Waals surface area contributed by atoms with Gasteiger partial charge in [0.1, 0.15) is 5.52 Å². The third-order valence-electron chi connectivity index (χ3n) is 5.21. The SMILES string of the molecule is CCS(=O)(=O)c1ccc(CNc2nc3cnc(Cl)nc3n(C3(C)CC3)c2=O)cc1. The van der Waals surface area contributed by atoms with E-state index < -0.39 is 9.84 Å². The summed E-state index contributed by atoms with van der Waals surface area (Å²) in [5.74, 6) is 0.248. The molecule has 1 saturated carbocycles. The lowest BCUT2D eigenvalue weighted by molar-refractivity contribution is 0.527. The van der Waals surface area contributed by atoms with Gasteiger partial charge in [0.05, 0.1) is 16.8 Å². The summed E-state index contributed by atoms with van der Waals surface area (Å²) in [6.45, 7) is 3.93. The van der Waals surface area contributed by atoms with Gasteiger partial charge >= 0.3 is 0 Å². The summed E-state index contributed by atoms with van der Waals surface area (Å²) in [6.07, 6.45) is 3.25. The molecule has 10 heteroatoms. The Bertz CT molecular complexity index is 1250. The van der Waals surface area contributed by atoms with E-state index in [-0.39, 0.29) is 32.8 Å². The van der Waals surface area contributed by atoms with E-state index in [0.29, 0.717) is 17.7 Å². The minimum atomic E-state index is -3.24. The van der Waals surface area contributed by atoms with Gasteiger partial charge in [-0.15, -0.1) is 0 Å². The summed E-state index contributed by atoms with van der Waals surface area (Å²) >= 11 is 5.93. The van der Waals surface area contributed by atoms with Crippen molar-refractivity contribution in [1.29, 1.82) is 0 Å². The summed E-state index contributed by atoms with van der Waals surface area (Å²) in [7, 11) is -3.24. The number of hydrogen-bond donors (Lipinski definition) is 1. The molecular weight excluding hydrogens is 414 g/mol. The normalized spacial score (nSPS) is 15.4. The molecule has 1 aliphatic carbocycles. The average molecular weight is 434 g/mol. The van der Waals surface area contributed by atoms with Crippen molar-refractivity contribution in [3.05, 3.63) is 51.7 Å². The molecule has 152 valence electrons. The Hall–Kier alpha value is -2.52. The molecule has 0 atom stereocenters. The maximum Gasteiger partial charge on any atom is 0.295 e. The van der Waals surface area contributed by atoms with Crippen molar-refractivity contribution in [2.24, 2.45) is 0 Å². The van der Waals surface area contributed by atoms with Gasteiger partial charge in [-0.2, -0.15) is 4.98 Å². The Morgan fingerprint density at radius 2 is 1.90 bits per heavy atom. The highest BCUT2D eigenvalue weighted by atomic mass is 35.5. The summed E-state index contributed by atoms with van der Waals surface area (Å²) in [6, 6.07) is 6.59. The van der Waals surface area contributed by atoms with Crippen LogP contribution < -0.4 is 10.9 Å². The molecule has 3 aromatic rings. The van der Waals surface area contributed by atoms with E-state index in [2.05, 4.69) is 20.3 Å². The second-order valence-electron chi connectivity index (χ2n) is 7.35. The van der Waals surface area contributed by atoms with E-state index in [1.165, 1.54) is 6.20 Å². The standard InChI is InChI=1S/C19H20ClN5O3S/c1-3-29(27,28)13-6-4-12(5-7-13)10-21-15-17(26)25(19(2)8-9-19)16-14(23-15)11-22-18(20)24-16/h4-7,11H,3,8-10H2,1-2H3,(H,21,23). The van der Waals surface area contributed by atoms with Gasteiger partial charge in [-0.3, -0.25) is 9.36 Å². The number of anilines is 1. The first-order valence-corrected chi connectivity index (χ1v) is 11.3. The summed E-state index contributed by atoms with van der Waals surface area (Å²) < 4.78 is 25.5. The summed E-state index contributed by atoms with van der Waals surface area (Å²) in [5, 5.41) is 3.14. The summed E-state index contributed by atoms with van der Waals surface area (Å²) in [4.78, 5) is 25.9. The second kappa shape index (κ2) is 7.07. The van der Waals surface area contributed by atoms with Gasteiger partial charge in [-0.1, -0.05) is 19.1 Å². The summed E-state index contributed by atoms with van der Waals surface area (Å²) in [5.41, 5.74) is 1.17. The van der Waals surface area contributed by atoms with E-state index in [1.807, 2.05) is 6.92 Å². The Kier molecular flexibility index (Phi) is 4.82. The molecule has 1 fully saturated rings. The first-order valence-electron chi connectivity index (χ1n) is 9.25. The maximum absolute atomic E-state index is 13.1. The topological polar surface area (TPSA) is 107 Å². The van der Waals surface area contributed by atoms with Crippen molar-refractivity contribution in [3.63, 3.8) is 0 Å². The zero-order chi connectivity index (χ0) is 20.8. The molecule has 0 amide bonds. The smallest absolute Gasteiger partial charge is 0.295 e. The van der Waals surface area contributed by atoms with E-state index in [1.54, 1.807) is 35.8 Å². The molecule has 4 rings (SSSR count). The van der Waals surface area contributed by atoms with E-state index in [0.717, 1.165) is 18.4 Å². The number of fused-ring (bicyclic) bond motifs is 1. The zero-order valence-electron chi connectivity index (χ0n) is 16.0. The predicted molar refractivity (Wildman–Crippen MR) is 111 cm³/mol. The largest absolute Gasteiger partial charge is 0.361 e. The fourth-order valence-electron chi connectivity index (χ4n) is 3.15. The predicted octanol–water partition coefficient (Wildman–Crippen LogP) is 2.75. The molecule has 2 heterocycles. The quantitative estimate of drug-likeness (QED) is 0.595. The van der Waals surface area contributed by atoms with Crippen LogP contribution in [0, 0.1) is 0 Å². The van der Waals surface area contributed by atoms with Crippen LogP contribution in [0.25, 0.3) is 11.2 Å². The number of rotatable bonds is 6. The van der Waals surface area contributed by atoms with Crippen molar-refractivity contribution < 1.29 is 8.42 Å². The lowest BCUT2D eigenvalue weighted by atomic mass is 10.2. The molecule has 0 bridgehead atoms. The monoisotopic (exact) mass is 433 g/mol. The fourth-order valence-corrected chi connectivity index (χ4v) is 4.16. The van der Waals surface area contributed by atoms with Crippen molar-refractivity contribution in [2.75, 3.05) is 11.1 Å². The number of benzene rings is 1. The molecule has 0 saturated heterocycles. The molecule has 1 aromatic carbocycles. The molecule has 0 spiro atoms. The van der Waals surface area contributed by atoms with Gasteiger partial charge < -0.3 is 5.32 Å². The molecule has 8 nitrogen and oxygen atoms in total. The van der Waals surface area contributed by atoms with Crippen LogP contribution in [-0.4, -0.2) is 33.7 Å². The number of nitrogens with zero attached hydrogens (tertiary/aromatic N) is 4. The Morgan fingerprint density at radius 3 is 2.52 bits per heavy atom. The third-order valence-corrected chi connectivity index (χ3v) is 7.14. The molecule has 1 N–H and O–H groups in total. The van der Waals surface area contributed by atoms with Crippen molar-refractivity contribution >= 4 is 38.4 Å². The van der Waals surface area contributed by atoms with Crippen LogP contribution >= 0.6 is 11.6 Å². The highest BCUT2D eigenvalue weighted by Gasteiger charge is 2.42. The van der Waals surface area contributed by atoms with Gasteiger partial charge in [0, 0.05) is 12.1 Å². The molecule has 1 aliphatic rings. The van der Waals surface area contributed by atoms with Crippen molar-refractivity contribution in [1.82, 2.24) is 19.5 Å². The van der Waals surface area contributed by atoms with Gasteiger partial charge in [0.15, 0.2) is 21.3 Å². The fraction of sp³-hybridized carbons (Fsp3) is 0.368. The highest BCUT2D eigenvalue weighted by molar-refractivity contribution is 7.91. The van der Waals surface area contributed by atoms with Crippen LogP contribution in [-0.2, 0) is 21.9 Å². The van der Waals surface area contributed by atoms with Crippen LogP contribution in [0.5, 0.6) is 0 Å². The maximum atomic E-state index is 13.1. The highest BCUT2D eigenvalue weighted by Crippen LogP contribution is 2.43. The Balaban J connectivity index is 1.66. The van der Waals surface area contributed by atoms with Gasteiger partial charge in [0.25, 0.3) is 5.56 Å². The average Bonchev–Trinajstić information content (AvgIpc) is 3.44. The van der Waals surface area contributed by atoms with E-state index in [9.17, 15) is 13.2 Å². The van der Waals surface area contributed by atoms with Crippen LogP contribution in [0.4, 0.5) is 5.82 Å². The first kappa shape index (κ1) is 19.8. The molecular formula is C19H20ClN5O3S. The lowest BCUT2D eigenvalue weighted by Gasteiger charge is -2.17. The molecule has 2 aromatic heterocycles. The van der Waals surface area contributed by atoms with Crippen molar-refractivity contribution in [3.8, 4) is 0 Å². The van der Waals surface area contributed by atoms with E-state index in [4.69, 9.17) is 11.6 Å². The number of hydrogen-bond acceptors (Lipinski definition) is 7. The molecule has 0 unspecified atom stereocenters. The number of halogens is 1. The minimum Gasteiger partial charge on any atom is -0.361 e. The lowest BCUT2D eigenvalue weighted by Crippen LogP contribution is -2.32. The molecule has 29 heavy (non-hydrogen) atoms. The molecule has 0 aliphatic heterocycles. The number of aromatic nitrogens is 4. The van der Waals surface area contributed by atoms with E-state index >= 15 is 0 Å². The second-order valence-corrected chi connectivity index (χ2v) is 9.96. The zero-order valence-corrected chi connectivity index (χ0v) is 17.6. The Labute approximate surface area is 172 Å². The van der Waals surface area contributed by atoms with Crippen LogP contribution in [0.1, 0.15) is 32.3 Å². The first-order chi connectivity index (χ1) is 13.7. The molecule has 0 radical (unpaired) electrons.